The molecule has 7 heteroatoms. The number of nitrogens with one attached hydrogen (secondary N) is 2. The lowest BCUT2D eigenvalue weighted by Crippen LogP contribution is -2.45. The Balaban J connectivity index is 1.85. The normalized spacial score (nSPS) is 19.1. The first-order chi connectivity index (χ1) is 12.9. The zero-order valence-electron chi connectivity index (χ0n) is 16.3. The van der Waals surface area contributed by atoms with Crippen molar-refractivity contribution >= 4 is 17.8 Å². The molecule has 0 aromatic heterocycles. The summed E-state index contributed by atoms with van der Waals surface area (Å²) in [6, 6.07) is 6.81. The van der Waals surface area contributed by atoms with E-state index in [1.54, 1.807) is 14.0 Å². The summed E-state index contributed by atoms with van der Waals surface area (Å²) in [5.41, 5.74) is -0.0109. The molecule has 4 amide bonds. The molecule has 1 heterocycles. The van der Waals surface area contributed by atoms with Gasteiger partial charge in [-0.15, -0.1) is 0 Å². The molecule has 148 valence electrons. The number of benzene rings is 1. The number of nitrogens with zero attached hydrogens (tertiary/aromatic N) is 1. The first-order valence-electron chi connectivity index (χ1n) is 9.43. The van der Waals surface area contributed by atoms with E-state index in [9.17, 15) is 14.4 Å². The van der Waals surface area contributed by atoms with Gasteiger partial charge in [-0.3, -0.25) is 14.5 Å². The molecule has 1 aromatic rings. The molecule has 27 heavy (non-hydrogen) atoms. The summed E-state index contributed by atoms with van der Waals surface area (Å²) in [5, 5.41) is 5.48. The molecule has 0 radical (unpaired) electrons. The average molecular weight is 375 g/mol. The standard InChI is InChI=1S/C20H29N3O4/c1-4-5-6-7-12-20(2)18(25)23(19(26)22-20)14-17(24)21-13-15-8-10-16(27-3)11-9-15/h8-11H,4-7,12-14H2,1-3H3,(H,21,24)(H,22,26)/t20-/m1/s1. The van der Waals surface area contributed by atoms with Crippen LogP contribution in [-0.2, 0) is 16.1 Å². The van der Waals surface area contributed by atoms with E-state index in [4.69, 9.17) is 4.74 Å². The fourth-order valence-corrected chi connectivity index (χ4v) is 3.11. The van der Waals surface area contributed by atoms with Gasteiger partial charge in [-0.1, -0.05) is 44.7 Å². The summed E-state index contributed by atoms with van der Waals surface area (Å²) in [6.07, 6.45) is 4.69. The molecule has 1 saturated heterocycles. The summed E-state index contributed by atoms with van der Waals surface area (Å²) in [5.74, 6) is 0.0378. The molecule has 0 saturated carbocycles. The minimum absolute atomic E-state index is 0.272. The number of rotatable bonds is 10. The van der Waals surface area contributed by atoms with Crippen LogP contribution >= 0.6 is 0 Å². The third-order valence-electron chi connectivity index (χ3n) is 4.83. The lowest BCUT2D eigenvalue weighted by Gasteiger charge is -2.21. The van der Waals surface area contributed by atoms with E-state index < -0.39 is 11.6 Å². The Morgan fingerprint density at radius 2 is 1.89 bits per heavy atom. The lowest BCUT2D eigenvalue weighted by atomic mass is 9.94. The Hall–Kier alpha value is -2.57. The molecule has 2 N–H and O–H groups in total. The molecule has 0 bridgehead atoms. The van der Waals surface area contributed by atoms with E-state index in [2.05, 4.69) is 17.6 Å². The maximum atomic E-state index is 12.6. The number of carbonyl (C=O) groups excluding carboxylic acids is 3. The Bertz CT molecular complexity index is 674. The van der Waals surface area contributed by atoms with Crippen molar-refractivity contribution in [2.24, 2.45) is 0 Å². The predicted molar refractivity (Wildman–Crippen MR) is 102 cm³/mol. The van der Waals surface area contributed by atoms with E-state index in [1.807, 2.05) is 24.3 Å². The van der Waals surface area contributed by atoms with Gasteiger partial charge in [-0.05, 0) is 31.0 Å². The second-order valence-electron chi connectivity index (χ2n) is 7.09. The van der Waals surface area contributed by atoms with Crippen molar-refractivity contribution in [2.75, 3.05) is 13.7 Å². The summed E-state index contributed by atoms with van der Waals surface area (Å²) in [4.78, 5) is 38.0. The number of amides is 4. The Morgan fingerprint density at radius 1 is 1.19 bits per heavy atom. The highest BCUT2D eigenvalue weighted by molar-refractivity contribution is 6.08. The van der Waals surface area contributed by atoms with Crippen LogP contribution in [0, 0.1) is 0 Å². The van der Waals surface area contributed by atoms with Crippen LogP contribution in [-0.4, -0.2) is 41.9 Å². The van der Waals surface area contributed by atoms with Gasteiger partial charge in [0.1, 0.15) is 17.8 Å². The van der Waals surface area contributed by atoms with Crippen molar-refractivity contribution in [3.8, 4) is 5.75 Å². The van der Waals surface area contributed by atoms with E-state index in [-0.39, 0.29) is 18.4 Å². The molecule has 0 spiro atoms. The van der Waals surface area contributed by atoms with E-state index in [1.165, 1.54) is 0 Å². The Labute approximate surface area is 160 Å². The quantitative estimate of drug-likeness (QED) is 0.486. The highest BCUT2D eigenvalue weighted by atomic mass is 16.5. The monoisotopic (exact) mass is 375 g/mol. The van der Waals surface area contributed by atoms with Gasteiger partial charge in [0, 0.05) is 6.54 Å². The van der Waals surface area contributed by atoms with E-state index >= 15 is 0 Å². The number of unbranched alkanes of at least 4 members (excludes halogenated alkanes) is 3. The van der Waals surface area contributed by atoms with Gasteiger partial charge in [0.05, 0.1) is 7.11 Å². The fraction of sp³-hybridized carbons (Fsp3) is 0.550. The maximum Gasteiger partial charge on any atom is 0.325 e. The predicted octanol–water partition coefficient (Wildman–Crippen LogP) is 2.59. The summed E-state index contributed by atoms with van der Waals surface area (Å²) >= 11 is 0. The van der Waals surface area contributed by atoms with Gasteiger partial charge in [-0.2, -0.15) is 0 Å². The minimum atomic E-state index is -0.916. The van der Waals surface area contributed by atoms with Crippen LogP contribution in [0.25, 0.3) is 0 Å². The molecular weight excluding hydrogens is 346 g/mol. The smallest absolute Gasteiger partial charge is 0.325 e. The summed E-state index contributed by atoms with van der Waals surface area (Å²) in [7, 11) is 1.59. The number of hydrogen-bond donors (Lipinski definition) is 2. The van der Waals surface area contributed by atoms with Crippen LogP contribution < -0.4 is 15.4 Å². The van der Waals surface area contributed by atoms with Crippen molar-refractivity contribution in [1.29, 1.82) is 0 Å². The maximum absolute atomic E-state index is 12.6. The average Bonchev–Trinajstić information content (AvgIpc) is 2.87. The molecule has 1 fully saturated rings. The number of hydrogen-bond acceptors (Lipinski definition) is 4. The SMILES string of the molecule is CCCCCC[C@@]1(C)NC(=O)N(CC(=O)NCc2ccc(OC)cc2)C1=O. The van der Waals surface area contributed by atoms with Crippen molar-refractivity contribution in [2.45, 2.75) is 58.0 Å². The third kappa shape index (κ3) is 5.45. The largest absolute Gasteiger partial charge is 0.497 e. The molecule has 0 aliphatic carbocycles. The first kappa shape index (κ1) is 20.7. The highest BCUT2D eigenvalue weighted by Crippen LogP contribution is 2.24. The second-order valence-corrected chi connectivity index (χ2v) is 7.09. The molecular formula is C20H29N3O4. The number of urea groups is 1. The minimum Gasteiger partial charge on any atom is -0.497 e. The van der Waals surface area contributed by atoms with Crippen molar-refractivity contribution < 1.29 is 19.1 Å². The molecule has 1 atom stereocenters. The van der Waals surface area contributed by atoms with Gasteiger partial charge in [-0.25, -0.2) is 4.79 Å². The van der Waals surface area contributed by atoms with Crippen LogP contribution in [0.5, 0.6) is 5.75 Å². The number of carbonyl (C=O) groups is 3. The molecule has 0 unspecified atom stereocenters. The van der Waals surface area contributed by atoms with Gasteiger partial charge < -0.3 is 15.4 Å². The van der Waals surface area contributed by atoms with E-state index in [0.717, 1.165) is 41.9 Å². The van der Waals surface area contributed by atoms with Gasteiger partial charge in [0.2, 0.25) is 5.91 Å². The highest BCUT2D eigenvalue weighted by Gasteiger charge is 2.47. The second kappa shape index (κ2) is 9.39. The summed E-state index contributed by atoms with van der Waals surface area (Å²) < 4.78 is 5.09. The molecule has 2 rings (SSSR count). The topological polar surface area (TPSA) is 87.7 Å². The first-order valence-corrected chi connectivity index (χ1v) is 9.43. The molecule has 7 nitrogen and oxygen atoms in total. The van der Waals surface area contributed by atoms with Crippen LogP contribution in [0.1, 0.15) is 51.5 Å². The molecule has 1 aliphatic rings. The Morgan fingerprint density at radius 3 is 2.52 bits per heavy atom. The van der Waals surface area contributed by atoms with Crippen molar-refractivity contribution in [3.05, 3.63) is 29.8 Å². The summed E-state index contributed by atoms with van der Waals surface area (Å²) in [6.45, 7) is 3.90. The molecule has 1 aromatic carbocycles. The van der Waals surface area contributed by atoms with Crippen molar-refractivity contribution in [1.82, 2.24) is 15.5 Å². The zero-order chi connectivity index (χ0) is 19.9. The number of ether oxygens (including phenoxy) is 1. The van der Waals surface area contributed by atoms with Gasteiger partial charge in [0.25, 0.3) is 5.91 Å². The van der Waals surface area contributed by atoms with Crippen LogP contribution in [0.15, 0.2) is 24.3 Å². The fourth-order valence-electron chi connectivity index (χ4n) is 3.11. The van der Waals surface area contributed by atoms with Crippen molar-refractivity contribution in [3.63, 3.8) is 0 Å². The molecule has 1 aliphatic heterocycles. The number of imide groups is 1. The van der Waals surface area contributed by atoms with Crippen LogP contribution in [0.3, 0.4) is 0 Å². The van der Waals surface area contributed by atoms with E-state index in [0.29, 0.717) is 13.0 Å². The Kier molecular flexibility index (Phi) is 7.21. The van der Waals surface area contributed by atoms with Gasteiger partial charge >= 0.3 is 6.03 Å². The lowest BCUT2D eigenvalue weighted by molar-refractivity contribution is -0.134. The van der Waals surface area contributed by atoms with Crippen LogP contribution in [0.4, 0.5) is 4.79 Å². The van der Waals surface area contributed by atoms with Crippen LogP contribution in [0.2, 0.25) is 0 Å². The third-order valence-corrected chi connectivity index (χ3v) is 4.83. The number of methoxy groups -OCH3 is 1. The zero-order valence-corrected chi connectivity index (χ0v) is 16.3. The van der Waals surface area contributed by atoms with Gasteiger partial charge in [0.15, 0.2) is 0 Å².